The minimum Gasteiger partial charge on any atom is -0.494 e. The number of ether oxygens (including phenoxy) is 1. The smallest absolute Gasteiger partial charge is 0.240 e. The van der Waals surface area contributed by atoms with Crippen LogP contribution in [0.1, 0.15) is 18.9 Å². The Kier molecular flexibility index (Phi) is 7.79. The third kappa shape index (κ3) is 6.59. The minimum absolute atomic E-state index is 0.0420. The third-order valence-corrected chi connectivity index (χ3v) is 5.06. The molecule has 3 rings (SSSR count). The Morgan fingerprint density at radius 1 is 1.20 bits per heavy atom. The van der Waals surface area contributed by atoms with Crippen molar-refractivity contribution in [1.29, 1.82) is 0 Å². The summed E-state index contributed by atoms with van der Waals surface area (Å²) in [4.78, 5) is 24.3. The molecule has 1 heterocycles. The Hall–Kier alpha value is -3.39. The first-order valence-electron chi connectivity index (χ1n) is 9.47. The van der Waals surface area contributed by atoms with Crippen LogP contribution in [0.2, 0.25) is 0 Å². The highest BCUT2D eigenvalue weighted by Gasteiger charge is 2.32. The standard InChI is InChI=1S/C22H22N4O3S/c1-2-29-18-12-10-17(11-13-18)24-20(27)15-19-21(28)25-22(30-19)26-23-14-6-9-16-7-4-3-5-8-16/h3-14,19H,2,15H2,1H3,(H,24,27)(H,25,26,28). The van der Waals surface area contributed by atoms with Crippen LogP contribution in [0.5, 0.6) is 5.75 Å². The number of amides is 2. The van der Waals surface area contributed by atoms with Gasteiger partial charge in [0.1, 0.15) is 11.0 Å². The van der Waals surface area contributed by atoms with Gasteiger partial charge in [0.2, 0.25) is 11.8 Å². The van der Waals surface area contributed by atoms with Gasteiger partial charge in [0.15, 0.2) is 5.17 Å². The molecule has 1 unspecified atom stereocenters. The second-order valence-electron chi connectivity index (χ2n) is 6.24. The van der Waals surface area contributed by atoms with Crippen LogP contribution in [-0.2, 0) is 9.59 Å². The minimum atomic E-state index is -0.540. The molecule has 2 aromatic rings. The quantitative estimate of drug-likeness (QED) is 0.501. The first-order chi connectivity index (χ1) is 14.6. The monoisotopic (exact) mass is 422 g/mol. The normalized spacial score (nSPS) is 17.6. The molecule has 30 heavy (non-hydrogen) atoms. The SMILES string of the molecule is CCOc1ccc(NC(=O)CC2S/C(=N/N=CC=Cc3ccccc3)NC2=O)cc1. The van der Waals surface area contributed by atoms with Gasteiger partial charge in [-0.1, -0.05) is 48.2 Å². The summed E-state index contributed by atoms with van der Waals surface area (Å²) < 4.78 is 5.37. The molecule has 1 aliphatic rings. The lowest BCUT2D eigenvalue weighted by molar-refractivity contribution is -0.122. The molecule has 1 aliphatic heterocycles. The van der Waals surface area contributed by atoms with Crippen molar-refractivity contribution < 1.29 is 14.3 Å². The first kappa shape index (κ1) is 21.3. The predicted molar refractivity (Wildman–Crippen MR) is 122 cm³/mol. The maximum absolute atomic E-state index is 12.3. The van der Waals surface area contributed by atoms with Crippen LogP contribution in [0.15, 0.2) is 70.9 Å². The van der Waals surface area contributed by atoms with Gasteiger partial charge in [-0.15, -0.1) is 5.10 Å². The van der Waals surface area contributed by atoms with E-state index in [2.05, 4.69) is 20.8 Å². The lowest BCUT2D eigenvalue weighted by Crippen LogP contribution is -2.28. The van der Waals surface area contributed by atoms with Gasteiger partial charge in [0, 0.05) is 18.3 Å². The maximum atomic E-state index is 12.3. The number of carbonyl (C=O) groups is 2. The van der Waals surface area contributed by atoms with Gasteiger partial charge in [0.25, 0.3) is 0 Å². The van der Waals surface area contributed by atoms with Gasteiger partial charge in [-0.05, 0) is 42.8 Å². The molecular weight excluding hydrogens is 400 g/mol. The van der Waals surface area contributed by atoms with Crippen LogP contribution in [0.4, 0.5) is 5.69 Å². The zero-order chi connectivity index (χ0) is 21.2. The molecule has 0 saturated carbocycles. The summed E-state index contributed by atoms with van der Waals surface area (Å²) in [5.41, 5.74) is 1.70. The van der Waals surface area contributed by atoms with Crippen LogP contribution in [0.3, 0.4) is 0 Å². The summed E-state index contributed by atoms with van der Waals surface area (Å²) >= 11 is 1.19. The summed E-state index contributed by atoms with van der Waals surface area (Å²) in [6.07, 6.45) is 5.25. The Morgan fingerprint density at radius 2 is 1.97 bits per heavy atom. The Balaban J connectivity index is 1.47. The molecule has 2 aromatic carbocycles. The number of hydrogen-bond donors (Lipinski definition) is 2. The Bertz CT molecular complexity index is 956. The first-order valence-corrected chi connectivity index (χ1v) is 10.3. The van der Waals surface area contributed by atoms with Crippen LogP contribution >= 0.6 is 11.8 Å². The molecule has 1 atom stereocenters. The summed E-state index contributed by atoms with van der Waals surface area (Å²) in [5.74, 6) is 0.235. The van der Waals surface area contributed by atoms with E-state index in [0.29, 0.717) is 17.5 Å². The molecule has 2 N–H and O–H groups in total. The van der Waals surface area contributed by atoms with Crippen LogP contribution in [0, 0.1) is 0 Å². The maximum Gasteiger partial charge on any atom is 0.240 e. The van der Waals surface area contributed by atoms with Gasteiger partial charge in [-0.2, -0.15) is 5.10 Å². The van der Waals surface area contributed by atoms with Crippen molar-refractivity contribution in [3.63, 3.8) is 0 Å². The third-order valence-electron chi connectivity index (χ3n) is 3.99. The second-order valence-corrected chi connectivity index (χ2v) is 7.44. The average molecular weight is 423 g/mol. The van der Waals surface area contributed by atoms with E-state index in [1.807, 2.05) is 43.3 Å². The number of hydrogen-bond acceptors (Lipinski definition) is 6. The van der Waals surface area contributed by atoms with Gasteiger partial charge < -0.3 is 15.4 Å². The highest BCUT2D eigenvalue weighted by Crippen LogP contribution is 2.23. The van der Waals surface area contributed by atoms with Gasteiger partial charge >= 0.3 is 0 Å². The van der Waals surface area contributed by atoms with Crippen molar-refractivity contribution in [1.82, 2.24) is 5.32 Å². The Morgan fingerprint density at radius 3 is 2.70 bits per heavy atom. The molecule has 0 bridgehead atoms. The van der Waals surface area contributed by atoms with Crippen molar-refractivity contribution >= 4 is 46.7 Å². The van der Waals surface area contributed by atoms with E-state index >= 15 is 0 Å². The highest BCUT2D eigenvalue weighted by atomic mass is 32.2. The molecule has 8 heteroatoms. The van der Waals surface area contributed by atoms with Crippen LogP contribution in [-0.4, -0.2) is 35.1 Å². The van der Waals surface area contributed by atoms with Crippen molar-refractivity contribution in [3.8, 4) is 5.75 Å². The number of benzene rings is 2. The van der Waals surface area contributed by atoms with E-state index in [1.165, 1.54) is 11.8 Å². The molecule has 154 valence electrons. The molecule has 0 spiro atoms. The molecule has 0 aliphatic carbocycles. The fourth-order valence-corrected chi connectivity index (χ4v) is 3.53. The molecular formula is C22H22N4O3S. The zero-order valence-corrected chi connectivity index (χ0v) is 17.3. The van der Waals surface area contributed by atoms with E-state index in [4.69, 9.17) is 4.74 Å². The second kappa shape index (κ2) is 11.0. The van der Waals surface area contributed by atoms with E-state index in [0.717, 1.165) is 11.3 Å². The van der Waals surface area contributed by atoms with Gasteiger partial charge in [-0.3, -0.25) is 9.59 Å². The van der Waals surface area contributed by atoms with Crippen molar-refractivity contribution in [3.05, 3.63) is 66.2 Å². The average Bonchev–Trinajstić information content (AvgIpc) is 3.09. The van der Waals surface area contributed by atoms with Crippen LogP contribution in [0.25, 0.3) is 6.08 Å². The number of anilines is 1. The van der Waals surface area contributed by atoms with E-state index in [1.54, 1.807) is 36.6 Å². The number of nitrogens with one attached hydrogen (secondary N) is 2. The van der Waals surface area contributed by atoms with E-state index in [9.17, 15) is 9.59 Å². The summed E-state index contributed by atoms with van der Waals surface area (Å²) in [7, 11) is 0. The number of amidine groups is 1. The van der Waals surface area contributed by atoms with Gasteiger partial charge in [-0.25, -0.2) is 0 Å². The van der Waals surface area contributed by atoms with Crippen molar-refractivity contribution in [2.75, 3.05) is 11.9 Å². The Labute approximate surface area is 179 Å². The summed E-state index contributed by atoms with van der Waals surface area (Å²) in [5, 5.41) is 13.2. The summed E-state index contributed by atoms with van der Waals surface area (Å²) in [6.45, 7) is 2.49. The van der Waals surface area contributed by atoms with E-state index < -0.39 is 5.25 Å². The van der Waals surface area contributed by atoms with Crippen molar-refractivity contribution in [2.24, 2.45) is 10.2 Å². The number of allylic oxidation sites excluding steroid dienone is 1. The number of rotatable bonds is 8. The number of thioether (sulfide) groups is 1. The fourth-order valence-electron chi connectivity index (χ4n) is 2.61. The molecule has 1 saturated heterocycles. The topological polar surface area (TPSA) is 92.2 Å². The molecule has 0 aromatic heterocycles. The fraction of sp³-hybridized carbons (Fsp3) is 0.182. The van der Waals surface area contributed by atoms with E-state index in [-0.39, 0.29) is 18.2 Å². The summed E-state index contributed by atoms with van der Waals surface area (Å²) in [6, 6.07) is 16.9. The van der Waals surface area contributed by atoms with Crippen LogP contribution < -0.4 is 15.4 Å². The lowest BCUT2D eigenvalue weighted by Gasteiger charge is -2.08. The van der Waals surface area contributed by atoms with Gasteiger partial charge in [0.05, 0.1) is 6.61 Å². The number of carbonyl (C=O) groups excluding carboxylic acids is 2. The molecule has 1 fully saturated rings. The molecule has 2 amide bonds. The lowest BCUT2D eigenvalue weighted by atomic mass is 10.2. The molecule has 0 radical (unpaired) electrons. The predicted octanol–water partition coefficient (Wildman–Crippen LogP) is 3.70. The highest BCUT2D eigenvalue weighted by molar-refractivity contribution is 8.15. The van der Waals surface area contributed by atoms with Crippen molar-refractivity contribution in [2.45, 2.75) is 18.6 Å². The largest absolute Gasteiger partial charge is 0.494 e. The number of nitrogens with zero attached hydrogens (tertiary/aromatic N) is 2. The molecule has 7 nitrogen and oxygen atoms in total. The zero-order valence-electron chi connectivity index (χ0n) is 16.4.